The van der Waals surface area contributed by atoms with Crippen molar-refractivity contribution in [1.82, 2.24) is 9.62 Å². The van der Waals surface area contributed by atoms with Crippen LogP contribution in [0.5, 0.6) is 0 Å². The van der Waals surface area contributed by atoms with Gasteiger partial charge in [-0.2, -0.15) is 0 Å². The third kappa shape index (κ3) is 3.63. The largest absolute Gasteiger partial charge is 0.383 e. The number of rotatable bonds is 7. The van der Waals surface area contributed by atoms with E-state index in [-0.39, 0.29) is 28.8 Å². The van der Waals surface area contributed by atoms with Crippen molar-refractivity contribution < 1.29 is 22.3 Å². The molecule has 3 rings (SSSR count). The average molecular weight is 384 g/mol. The Kier molecular flexibility index (Phi) is 5.64. The molecule has 1 N–H and O–H groups in total. The fourth-order valence-electron chi connectivity index (χ4n) is 4.32. The first-order valence-corrected chi connectivity index (χ1v) is 10.4. The molecule has 26 heavy (non-hydrogen) atoms. The van der Waals surface area contributed by atoms with Crippen LogP contribution in [0, 0.1) is 11.2 Å². The summed E-state index contributed by atoms with van der Waals surface area (Å²) in [6.45, 7) is 1.19. The van der Waals surface area contributed by atoms with Crippen LogP contribution in [-0.4, -0.2) is 52.1 Å². The molecule has 1 saturated carbocycles. The highest BCUT2D eigenvalue weighted by Crippen LogP contribution is 2.47. The minimum Gasteiger partial charge on any atom is -0.383 e. The lowest BCUT2D eigenvalue weighted by molar-refractivity contribution is -0.142. The molecule has 6 nitrogen and oxygen atoms in total. The Labute approximate surface area is 153 Å². The van der Waals surface area contributed by atoms with Gasteiger partial charge in [-0.15, -0.1) is 0 Å². The van der Waals surface area contributed by atoms with E-state index in [2.05, 4.69) is 4.72 Å². The van der Waals surface area contributed by atoms with E-state index in [1.54, 1.807) is 7.11 Å². The van der Waals surface area contributed by atoms with Gasteiger partial charge in [0, 0.05) is 38.1 Å². The van der Waals surface area contributed by atoms with Crippen molar-refractivity contribution in [1.29, 1.82) is 0 Å². The highest BCUT2D eigenvalue weighted by molar-refractivity contribution is 7.89. The van der Waals surface area contributed by atoms with Gasteiger partial charge in [-0.3, -0.25) is 4.79 Å². The molecule has 0 aromatic heterocycles. The number of carbonyl (C=O) groups is 1. The lowest BCUT2D eigenvalue weighted by atomic mass is 9.74. The lowest BCUT2D eigenvalue weighted by Crippen LogP contribution is -2.56. The molecule has 1 aromatic carbocycles. The topological polar surface area (TPSA) is 75.7 Å². The lowest BCUT2D eigenvalue weighted by Gasteiger charge is -2.46. The number of benzene rings is 1. The van der Waals surface area contributed by atoms with Crippen LogP contribution < -0.4 is 4.72 Å². The molecular formula is C18H25FN2O4S. The predicted octanol–water partition coefficient (Wildman–Crippen LogP) is 1.91. The van der Waals surface area contributed by atoms with Gasteiger partial charge < -0.3 is 9.64 Å². The second-order valence-electron chi connectivity index (χ2n) is 7.11. The van der Waals surface area contributed by atoms with Crippen molar-refractivity contribution in [2.75, 3.05) is 26.8 Å². The summed E-state index contributed by atoms with van der Waals surface area (Å²) in [5, 5.41) is 0. The third-order valence-electron chi connectivity index (χ3n) is 5.67. The Morgan fingerprint density at radius 2 is 2.12 bits per heavy atom. The first-order chi connectivity index (χ1) is 12.4. The predicted molar refractivity (Wildman–Crippen MR) is 94.5 cm³/mol. The van der Waals surface area contributed by atoms with Gasteiger partial charge in [0.25, 0.3) is 0 Å². The van der Waals surface area contributed by atoms with Crippen molar-refractivity contribution >= 4 is 15.9 Å². The van der Waals surface area contributed by atoms with Crippen LogP contribution in [0.2, 0.25) is 0 Å². The maximum Gasteiger partial charge on any atom is 0.243 e. The fraction of sp³-hybridized carbons (Fsp3) is 0.611. The van der Waals surface area contributed by atoms with Crippen LogP contribution in [-0.2, 0) is 19.6 Å². The zero-order valence-corrected chi connectivity index (χ0v) is 15.7. The Bertz CT molecular complexity index is 770. The average Bonchev–Trinajstić information content (AvgIpc) is 3.04. The quantitative estimate of drug-likeness (QED) is 0.779. The summed E-state index contributed by atoms with van der Waals surface area (Å²) in [7, 11) is -2.34. The molecule has 1 aliphatic carbocycles. The van der Waals surface area contributed by atoms with Crippen molar-refractivity contribution in [2.45, 2.75) is 43.0 Å². The SMILES string of the molecule is COCCN1C(=O)CC[C@]2(CNS(=O)(=O)c3ccccc3F)CCC[C@@H]12. The van der Waals surface area contributed by atoms with E-state index in [9.17, 15) is 17.6 Å². The number of hydrogen-bond donors (Lipinski definition) is 1. The van der Waals surface area contributed by atoms with Crippen LogP contribution in [0.1, 0.15) is 32.1 Å². The molecule has 1 saturated heterocycles. The van der Waals surface area contributed by atoms with Gasteiger partial charge >= 0.3 is 0 Å². The molecule has 1 amide bonds. The van der Waals surface area contributed by atoms with E-state index >= 15 is 0 Å². The molecule has 8 heteroatoms. The number of ether oxygens (including phenoxy) is 1. The number of halogens is 1. The van der Waals surface area contributed by atoms with Gasteiger partial charge in [0.15, 0.2) is 0 Å². The summed E-state index contributed by atoms with van der Waals surface area (Å²) < 4.78 is 46.7. The number of likely N-dealkylation sites (tertiary alicyclic amines) is 1. The molecule has 0 unspecified atom stereocenters. The number of nitrogens with one attached hydrogen (secondary N) is 1. The highest BCUT2D eigenvalue weighted by atomic mass is 32.2. The highest BCUT2D eigenvalue weighted by Gasteiger charge is 2.50. The van der Waals surface area contributed by atoms with Gasteiger partial charge in [-0.05, 0) is 31.4 Å². The summed E-state index contributed by atoms with van der Waals surface area (Å²) >= 11 is 0. The molecule has 0 bridgehead atoms. The maximum atomic E-state index is 13.9. The van der Waals surface area contributed by atoms with E-state index in [0.717, 1.165) is 25.3 Å². The van der Waals surface area contributed by atoms with E-state index in [0.29, 0.717) is 26.0 Å². The summed E-state index contributed by atoms with van der Waals surface area (Å²) in [4.78, 5) is 13.8. The molecule has 1 aromatic rings. The number of sulfonamides is 1. The van der Waals surface area contributed by atoms with Crippen molar-refractivity contribution in [3.05, 3.63) is 30.1 Å². The molecule has 1 aliphatic heterocycles. The fourth-order valence-corrected chi connectivity index (χ4v) is 5.53. The third-order valence-corrected chi connectivity index (χ3v) is 7.10. The minimum absolute atomic E-state index is 0.00206. The van der Waals surface area contributed by atoms with Gasteiger partial charge in [0.05, 0.1) is 6.61 Å². The van der Waals surface area contributed by atoms with Gasteiger partial charge in [0.2, 0.25) is 15.9 Å². The Morgan fingerprint density at radius 3 is 2.85 bits per heavy atom. The van der Waals surface area contributed by atoms with Gasteiger partial charge in [-0.1, -0.05) is 18.6 Å². The van der Waals surface area contributed by atoms with Crippen LogP contribution in [0.25, 0.3) is 0 Å². The standard InChI is InChI=1S/C18H25FN2O4S/c1-25-12-11-21-16-7-4-9-18(16,10-8-17(21)22)13-20-26(23,24)15-6-3-2-5-14(15)19/h2-3,5-6,16,20H,4,7-13H2,1H3/t16-,18+/m1/s1. The van der Waals surface area contributed by atoms with Crippen LogP contribution in [0.4, 0.5) is 4.39 Å². The molecule has 0 radical (unpaired) electrons. The van der Waals surface area contributed by atoms with E-state index < -0.39 is 15.8 Å². The number of amides is 1. The molecule has 1 heterocycles. The Morgan fingerprint density at radius 1 is 1.35 bits per heavy atom. The molecule has 144 valence electrons. The Balaban J connectivity index is 1.77. The van der Waals surface area contributed by atoms with E-state index in [1.807, 2.05) is 4.90 Å². The zero-order valence-electron chi connectivity index (χ0n) is 14.9. The summed E-state index contributed by atoms with van der Waals surface area (Å²) in [6, 6.07) is 5.36. The number of piperidine rings is 1. The summed E-state index contributed by atoms with van der Waals surface area (Å²) in [6.07, 6.45) is 3.72. The number of carbonyl (C=O) groups excluding carboxylic acids is 1. The molecular weight excluding hydrogens is 359 g/mol. The molecule has 0 spiro atoms. The van der Waals surface area contributed by atoms with Crippen molar-refractivity contribution in [3.63, 3.8) is 0 Å². The molecule has 2 atom stereocenters. The summed E-state index contributed by atoms with van der Waals surface area (Å²) in [5.74, 6) is -0.664. The number of methoxy groups -OCH3 is 1. The first kappa shape index (κ1) is 19.3. The minimum atomic E-state index is -3.94. The van der Waals surface area contributed by atoms with Crippen LogP contribution >= 0.6 is 0 Å². The monoisotopic (exact) mass is 384 g/mol. The van der Waals surface area contributed by atoms with Crippen molar-refractivity contribution in [3.8, 4) is 0 Å². The number of nitrogens with zero attached hydrogens (tertiary/aromatic N) is 1. The maximum absolute atomic E-state index is 13.9. The first-order valence-electron chi connectivity index (χ1n) is 8.92. The molecule has 2 aliphatic rings. The number of hydrogen-bond acceptors (Lipinski definition) is 4. The molecule has 2 fully saturated rings. The van der Waals surface area contributed by atoms with Gasteiger partial charge in [-0.25, -0.2) is 17.5 Å². The van der Waals surface area contributed by atoms with E-state index in [4.69, 9.17) is 4.74 Å². The van der Waals surface area contributed by atoms with Crippen LogP contribution in [0.3, 0.4) is 0 Å². The second-order valence-corrected chi connectivity index (χ2v) is 8.84. The zero-order chi connectivity index (χ0) is 18.8. The van der Waals surface area contributed by atoms with Gasteiger partial charge in [0.1, 0.15) is 10.7 Å². The van der Waals surface area contributed by atoms with Crippen LogP contribution in [0.15, 0.2) is 29.2 Å². The van der Waals surface area contributed by atoms with E-state index in [1.165, 1.54) is 18.2 Å². The second kappa shape index (κ2) is 7.62. The Hall–Kier alpha value is -1.51. The normalized spacial score (nSPS) is 26.2. The summed E-state index contributed by atoms with van der Waals surface area (Å²) in [5.41, 5.74) is -0.292. The number of fused-ring (bicyclic) bond motifs is 1. The smallest absolute Gasteiger partial charge is 0.243 e. The van der Waals surface area contributed by atoms with Crippen molar-refractivity contribution in [2.24, 2.45) is 5.41 Å².